The van der Waals surface area contributed by atoms with Crippen LogP contribution in [-0.4, -0.2) is 58.6 Å². The molecule has 8 rings (SSSR count). The highest BCUT2D eigenvalue weighted by Crippen LogP contribution is 2.59. The number of allylic oxidation sites excluding steroid dienone is 2. The molecule has 3 aliphatic rings. The molecule has 1 fully saturated rings. The number of aliphatic hydroxyl groups is 2. The number of nitrogens with zero attached hydrogens (tertiary/aromatic N) is 1. The second-order valence-corrected chi connectivity index (χ2v) is 17.2. The molecular formula is C47H49F3N2O6S. The van der Waals surface area contributed by atoms with Crippen molar-refractivity contribution in [2.24, 2.45) is 5.41 Å². The molecule has 1 aromatic heterocycles. The predicted molar refractivity (Wildman–Crippen MR) is 224 cm³/mol. The Balaban J connectivity index is 1.27. The number of hydrogen-bond donors (Lipinski definition) is 3. The Bertz CT molecular complexity index is 2290. The first-order valence-corrected chi connectivity index (χ1v) is 20.7. The fraction of sp³-hybridized carbons (Fsp3) is 0.362. The summed E-state index contributed by atoms with van der Waals surface area (Å²) in [4.78, 5) is 31.0. The Morgan fingerprint density at radius 1 is 0.949 bits per heavy atom. The van der Waals surface area contributed by atoms with Crippen LogP contribution in [0.1, 0.15) is 90.2 Å². The summed E-state index contributed by atoms with van der Waals surface area (Å²) in [6, 6.07) is 27.3. The zero-order valence-corrected chi connectivity index (χ0v) is 34.2. The summed E-state index contributed by atoms with van der Waals surface area (Å²) in [6.45, 7) is 3.97. The third-order valence-electron chi connectivity index (χ3n) is 12.2. The Morgan fingerprint density at radius 2 is 1.68 bits per heavy atom. The van der Waals surface area contributed by atoms with Crippen molar-refractivity contribution in [2.75, 3.05) is 19.0 Å². The molecule has 1 heterocycles. The van der Waals surface area contributed by atoms with E-state index in [2.05, 4.69) is 16.1 Å². The SMILES string of the molecule is COc1ccc(NC(=O)N(Cc2ccc(OC(F)(F)F)cc2)C[C@]2(O)CC[C@H]3c4ccc(cc4C(=O)c4cc5ccccc5s4)C[C@@H](O)CCC(C)=CCC[C@@]32C)cc1. The Labute approximate surface area is 346 Å². The summed E-state index contributed by atoms with van der Waals surface area (Å²) in [5.41, 5.74) is 2.06. The molecular weight excluding hydrogens is 778 g/mol. The molecule has 0 radical (unpaired) electrons. The van der Waals surface area contributed by atoms with Crippen molar-refractivity contribution in [1.82, 2.24) is 4.90 Å². The van der Waals surface area contributed by atoms with E-state index < -0.39 is 29.5 Å². The number of alkyl halides is 3. The third-order valence-corrected chi connectivity index (χ3v) is 13.3. The van der Waals surface area contributed by atoms with Gasteiger partial charge in [-0.05, 0) is 134 Å². The van der Waals surface area contributed by atoms with Crippen LogP contribution in [0.2, 0.25) is 0 Å². The van der Waals surface area contributed by atoms with E-state index in [4.69, 9.17) is 4.74 Å². The number of carbonyl (C=O) groups excluding carboxylic acids is 2. The highest BCUT2D eigenvalue weighted by Gasteiger charge is 2.57. The zero-order chi connectivity index (χ0) is 42.0. The van der Waals surface area contributed by atoms with Crippen molar-refractivity contribution >= 4 is 38.9 Å². The van der Waals surface area contributed by atoms with Gasteiger partial charge in [0.05, 0.1) is 30.2 Å². The zero-order valence-electron chi connectivity index (χ0n) is 33.4. The molecule has 2 bridgehead atoms. The molecule has 4 aromatic carbocycles. The molecule has 0 unspecified atom stereocenters. The van der Waals surface area contributed by atoms with Crippen LogP contribution >= 0.6 is 11.3 Å². The number of hydrogen-bond acceptors (Lipinski definition) is 7. The number of halogens is 3. The van der Waals surface area contributed by atoms with E-state index >= 15 is 0 Å². The van der Waals surface area contributed by atoms with Gasteiger partial charge in [0.15, 0.2) is 0 Å². The van der Waals surface area contributed by atoms with Crippen molar-refractivity contribution in [2.45, 2.75) is 89.3 Å². The van der Waals surface area contributed by atoms with Crippen LogP contribution in [0, 0.1) is 5.41 Å². The van der Waals surface area contributed by atoms with Crippen molar-refractivity contribution in [3.05, 3.63) is 136 Å². The van der Waals surface area contributed by atoms with Gasteiger partial charge in [-0.15, -0.1) is 24.5 Å². The van der Waals surface area contributed by atoms with Crippen molar-refractivity contribution < 1.29 is 42.4 Å². The quantitative estimate of drug-likeness (QED) is 0.101. The fourth-order valence-electron chi connectivity index (χ4n) is 8.83. The van der Waals surface area contributed by atoms with Crippen LogP contribution in [-0.2, 0) is 13.0 Å². The van der Waals surface area contributed by atoms with Gasteiger partial charge >= 0.3 is 12.4 Å². The van der Waals surface area contributed by atoms with Crippen LogP contribution in [0.4, 0.5) is 23.7 Å². The predicted octanol–water partition coefficient (Wildman–Crippen LogP) is 10.8. The summed E-state index contributed by atoms with van der Waals surface area (Å²) in [7, 11) is 1.54. The smallest absolute Gasteiger partial charge is 0.497 e. The summed E-state index contributed by atoms with van der Waals surface area (Å²) < 4.78 is 49.3. The van der Waals surface area contributed by atoms with E-state index in [1.807, 2.05) is 62.4 Å². The number of nitrogens with one attached hydrogen (secondary N) is 1. The van der Waals surface area contributed by atoms with E-state index in [0.29, 0.717) is 72.4 Å². The number of thiophene rings is 1. The average molecular weight is 827 g/mol. The molecule has 2 amide bonds. The van der Waals surface area contributed by atoms with Gasteiger partial charge in [0.2, 0.25) is 5.78 Å². The highest BCUT2D eigenvalue weighted by atomic mass is 32.1. The number of fused-ring (bicyclic) bond motifs is 9. The summed E-state index contributed by atoms with van der Waals surface area (Å²) >= 11 is 1.44. The van der Waals surface area contributed by atoms with Gasteiger partial charge in [-0.2, -0.15) is 0 Å². The standard InChI is InChI=1S/C47H49F3N2O6S/c1-30-7-6-23-45(2)40(38-21-13-32(25-35(53)16-10-30)26-39(38)43(54)42-27-33-8-4-5-9-41(33)59-42)22-24-46(45,56)29-52(44(55)51-34-14-19-36(57-3)20-15-34)28-31-11-17-37(18-12-31)58-47(48,49)50/h4-5,7-9,11-15,17-21,26-27,35,40,53,56H,6,10,16,22-25,28-29H2,1-3H3,(H,51,55)/t35-,40-,45-,46+/m0/s1. The van der Waals surface area contributed by atoms with Crippen LogP contribution in [0.15, 0.2) is 109 Å². The van der Waals surface area contributed by atoms with Gasteiger partial charge in [0, 0.05) is 27.9 Å². The van der Waals surface area contributed by atoms with Crippen LogP contribution in [0.5, 0.6) is 11.5 Å². The maximum atomic E-state index is 14.7. The van der Waals surface area contributed by atoms with Crippen molar-refractivity contribution in [3.63, 3.8) is 0 Å². The van der Waals surface area contributed by atoms with Gasteiger partial charge in [0.1, 0.15) is 11.5 Å². The Morgan fingerprint density at radius 3 is 2.39 bits per heavy atom. The number of amides is 2. The Kier molecular flexibility index (Phi) is 12.2. The first-order valence-electron chi connectivity index (χ1n) is 19.9. The van der Waals surface area contributed by atoms with E-state index in [1.165, 1.54) is 40.5 Å². The molecule has 5 aromatic rings. The molecule has 310 valence electrons. The number of methoxy groups -OCH3 is 1. The van der Waals surface area contributed by atoms with Crippen molar-refractivity contribution in [1.29, 1.82) is 0 Å². The number of rotatable bonds is 9. The second kappa shape index (κ2) is 17.2. The maximum Gasteiger partial charge on any atom is 0.573 e. The molecule has 3 aliphatic carbocycles. The minimum Gasteiger partial charge on any atom is -0.497 e. The van der Waals surface area contributed by atoms with Gasteiger partial charge in [-0.25, -0.2) is 4.79 Å². The molecule has 0 spiro atoms. The minimum absolute atomic E-state index is 0.0248. The lowest BCUT2D eigenvalue weighted by molar-refractivity contribution is -0.274. The van der Waals surface area contributed by atoms with Crippen LogP contribution in [0.3, 0.4) is 0 Å². The molecule has 59 heavy (non-hydrogen) atoms. The van der Waals surface area contributed by atoms with Crippen LogP contribution < -0.4 is 14.8 Å². The lowest BCUT2D eigenvalue weighted by atomic mass is 9.64. The van der Waals surface area contributed by atoms with Gasteiger partial charge < -0.3 is 29.9 Å². The van der Waals surface area contributed by atoms with Gasteiger partial charge in [-0.1, -0.05) is 61.0 Å². The highest BCUT2D eigenvalue weighted by molar-refractivity contribution is 7.21. The van der Waals surface area contributed by atoms with E-state index in [9.17, 15) is 33.0 Å². The topological polar surface area (TPSA) is 108 Å². The monoisotopic (exact) mass is 826 g/mol. The number of ether oxygens (including phenoxy) is 2. The van der Waals surface area contributed by atoms with Crippen molar-refractivity contribution in [3.8, 4) is 11.5 Å². The largest absolute Gasteiger partial charge is 0.573 e. The second-order valence-electron chi connectivity index (χ2n) is 16.1. The number of anilines is 1. The first-order chi connectivity index (χ1) is 28.1. The first kappa shape index (κ1) is 42.0. The lowest BCUT2D eigenvalue weighted by Crippen LogP contribution is -2.54. The molecule has 4 atom stereocenters. The third kappa shape index (κ3) is 9.51. The summed E-state index contributed by atoms with van der Waals surface area (Å²) in [5, 5.41) is 28.1. The molecule has 8 nitrogen and oxygen atoms in total. The molecule has 0 saturated heterocycles. The minimum atomic E-state index is -4.85. The Hall–Kier alpha value is -5.17. The number of benzene rings is 4. The number of ketones is 1. The molecule has 12 heteroatoms. The lowest BCUT2D eigenvalue weighted by Gasteiger charge is -2.46. The molecule has 3 N–H and O–H groups in total. The average Bonchev–Trinajstić information content (AvgIpc) is 3.75. The number of urea groups is 1. The van der Waals surface area contributed by atoms with E-state index in [1.54, 1.807) is 31.4 Å². The van der Waals surface area contributed by atoms with E-state index in [0.717, 1.165) is 26.8 Å². The molecule has 1 saturated carbocycles. The van der Waals surface area contributed by atoms with Crippen LogP contribution in [0.25, 0.3) is 10.1 Å². The van der Waals surface area contributed by atoms with E-state index in [-0.39, 0.29) is 30.5 Å². The maximum absolute atomic E-state index is 14.7. The summed E-state index contributed by atoms with van der Waals surface area (Å²) in [5.74, 6) is -0.184. The van der Waals surface area contributed by atoms with Gasteiger partial charge in [0.25, 0.3) is 0 Å². The van der Waals surface area contributed by atoms with Gasteiger partial charge in [-0.3, -0.25) is 4.79 Å². The fourth-order valence-corrected chi connectivity index (χ4v) is 9.85. The summed E-state index contributed by atoms with van der Waals surface area (Å²) in [6.07, 6.45) is 0.380. The normalized spacial score (nSPS) is 22.3. The molecule has 0 aliphatic heterocycles. The number of aliphatic hydroxyl groups excluding tert-OH is 1. The number of carbonyl (C=O) groups is 2.